The molecule has 11 heteroatoms. The van der Waals surface area contributed by atoms with Crippen LogP contribution in [0.1, 0.15) is 0 Å². The van der Waals surface area contributed by atoms with Gasteiger partial charge in [0.15, 0.2) is 0 Å². The zero-order valence-electron chi connectivity index (χ0n) is 31.4. The smallest absolute Gasteiger partial charge is 0.376 e. The number of hydrogen-bond acceptors (Lipinski definition) is 7. The summed E-state index contributed by atoms with van der Waals surface area (Å²) in [6.07, 6.45) is 0. The molecular formula is C49H31F3N2O3S3. The number of benzene rings is 8. The van der Waals surface area contributed by atoms with Gasteiger partial charge in [0.1, 0.15) is 5.75 Å². The zero-order valence-corrected chi connectivity index (χ0v) is 33.8. The van der Waals surface area contributed by atoms with E-state index >= 15 is 0 Å². The Bertz CT molecular complexity index is 3260. The van der Waals surface area contributed by atoms with E-state index in [2.05, 4.69) is 71.6 Å². The van der Waals surface area contributed by atoms with Gasteiger partial charge in [-0.3, -0.25) is 0 Å². The second-order valence-corrected chi connectivity index (χ2v) is 17.8. The average Bonchev–Trinajstić information content (AvgIpc) is 3.83. The lowest BCUT2D eigenvalue weighted by atomic mass is 10.0. The second kappa shape index (κ2) is 14.9. The van der Waals surface area contributed by atoms with Crippen molar-refractivity contribution >= 4 is 107 Å². The number of thiophene rings is 2. The van der Waals surface area contributed by atoms with E-state index in [1.165, 1.54) is 28.2 Å². The van der Waals surface area contributed by atoms with Gasteiger partial charge in [-0.1, -0.05) is 97.1 Å². The van der Waals surface area contributed by atoms with E-state index in [1.54, 1.807) is 11.3 Å². The fourth-order valence-electron chi connectivity index (χ4n) is 7.66. The van der Waals surface area contributed by atoms with E-state index in [-0.39, 0.29) is 0 Å². The molecule has 0 saturated heterocycles. The van der Waals surface area contributed by atoms with Crippen LogP contribution >= 0.6 is 22.7 Å². The van der Waals surface area contributed by atoms with Crippen molar-refractivity contribution in [3.05, 3.63) is 188 Å². The topological polar surface area (TPSA) is 49.9 Å². The summed E-state index contributed by atoms with van der Waals surface area (Å²) in [5.74, 6) is -0.458. The summed E-state index contributed by atoms with van der Waals surface area (Å²) in [5, 5.41) is 3.54. The predicted molar refractivity (Wildman–Crippen MR) is 243 cm³/mol. The van der Waals surface area contributed by atoms with Gasteiger partial charge in [-0.05, 0) is 96.1 Å². The van der Waals surface area contributed by atoms with Crippen LogP contribution in [0.15, 0.2) is 188 Å². The molecule has 0 radical (unpaired) electrons. The van der Waals surface area contributed by atoms with Gasteiger partial charge in [-0.25, -0.2) is 0 Å². The van der Waals surface area contributed by atoms with Gasteiger partial charge in [0, 0.05) is 70.1 Å². The molecule has 0 atom stereocenters. The van der Waals surface area contributed by atoms with Crippen LogP contribution in [0.5, 0.6) is 5.75 Å². The second-order valence-electron chi connectivity index (χ2n) is 14.1. The van der Waals surface area contributed by atoms with Crippen LogP contribution in [0.25, 0.3) is 51.5 Å². The van der Waals surface area contributed by atoms with Gasteiger partial charge in [-0.15, -0.1) is 22.7 Å². The molecule has 294 valence electrons. The molecule has 0 bridgehead atoms. The maximum absolute atomic E-state index is 13.8. The molecule has 2 aromatic heterocycles. The third kappa shape index (κ3) is 6.80. The fourth-order valence-corrected chi connectivity index (χ4v) is 10.4. The van der Waals surface area contributed by atoms with E-state index in [4.69, 9.17) is 4.18 Å². The average molecular weight is 849 g/mol. The van der Waals surface area contributed by atoms with E-state index in [1.807, 2.05) is 114 Å². The van der Waals surface area contributed by atoms with Crippen LogP contribution < -0.4 is 14.0 Å². The van der Waals surface area contributed by atoms with E-state index < -0.39 is 21.4 Å². The Hall–Kier alpha value is -6.66. The first-order valence-electron chi connectivity index (χ1n) is 18.9. The predicted octanol–water partition coefficient (Wildman–Crippen LogP) is 15.3. The van der Waals surface area contributed by atoms with Gasteiger partial charge in [0.2, 0.25) is 0 Å². The van der Waals surface area contributed by atoms with Crippen LogP contribution in [-0.2, 0) is 10.1 Å². The minimum Gasteiger partial charge on any atom is -0.376 e. The number of rotatable bonds is 9. The molecule has 0 N–H and O–H groups in total. The van der Waals surface area contributed by atoms with Crippen molar-refractivity contribution in [2.75, 3.05) is 9.80 Å². The first-order chi connectivity index (χ1) is 29.1. The molecule has 8 aromatic carbocycles. The number of halogens is 3. The van der Waals surface area contributed by atoms with Gasteiger partial charge in [-0.2, -0.15) is 21.6 Å². The lowest BCUT2D eigenvalue weighted by molar-refractivity contribution is -0.0500. The Morgan fingerprint density at radius 1 is 0.433 bits per heavy atom. The monoisotopic (exact) mass is 848 g/mol. The Morgan fingerprint density at radius 2 is 0.917 bits per heavy atom. The van der Waals surface area contributed by atoms with Crippen molar-refractivity contribution in [1.29, 1.82) is 0 Å². The highest BCUT2D eigenvalue weighted by Gasteiger charge is 2.48. The van der Waals surface area contributed by atoms with Crippen LogP contribution in [0.2, 0.25) is 0 Å². The Kier molecular flexibility index (Phi) is 9.31. The number of nitrogens with zero attached hydrogens (tertiary/aromatic N) is 2. The molecule has 60 heavy (non-hydrogen) atoms. The van der Waals surface area contributed by atoms with Crippen molar-refractivity contribution in [2.45, 2.75) is 5.51 Å². The van der Waals surface area contributed by atoms with E-state index in [0.717, 1.165) is 69.8 Å². The van der Waals surface area contributed by atoms with Crippen LogP contribution in [-0.4, -0.2) is 13.9 Å². The Labute approximate surface area is 351 Å². The fraction of sp³-hybridized carbons (Fsp3) is 0.0204. The first kappa shape index (κ1) is 37.6. The number of alkyl halides is 3. The highest BCUT2D eigenvalue weighted by atomic mass is 32.2. The standard InChI is InChI=1S/C49H31F3N2O3S3/c50-49(51,52)60(55,56)57-39-30-43-42-29-38(25-27-47(42)59-48(43)44(31-39)54(34-14-6-2-7-15-34)35-16-8-3-9-17-35)53(36-22-20-33(21-23-36)32-12-4-1-5-13-32)37-24-26-46-41(28-37)40-18-10-11-19-45(40)58-46/h1-31H. The molecule has 0 saturated carbocycles. The molecule has 0 unspecified atom stereocenters. The van der Waals surface area contributed by atoms with Gasteiger partial charge in [0.05, 0.1) is 10.4 Å². The number of anilines is 6. The normalized spacial score (nSPS) is 12.1. The van der Waals surface area contributed by atoms with Crippen molar-refractivity contribution in [3.63, 3.8) is 0 Å². The quantitative estimate of drug-likeness (QED) is 0.107. The lowest BCUT2D eigenvalue weighted by Crippen LogP contribution is -2.28. The van der Waals surface area contributed by atoms with Crippen molar-refractivity contribution in [3.8, 4) is 16.9 Å². The number of para-hydroxylation sites is 2. The third-order valence-electron chi connectivity index (χ3n) is 10.4. The molecule has 0 aliphatic carbocycles. The molecule has 10 aromatic rings. The maximum Gasteiger partial charge on any atom is 0.534 e. The Morgan fingerprint density at radius 3 is 1.53 bits per heavy atom. The summed E-state index contributed by atoms with van der Waals surface area (Å²) in [5.41, 5.74) is 1.04. The molecule has 10 rings (SSSR count). The van der Waals surface area contributed by atoms with Crippen molar-refractivity contribution < 1.29 is 25.8 Å². The minimum absolute atomic E-state index is 0.458. The Balaban J connectivity index is 1.20. The van der Waals surface area contributed by atoms with E-state index in [9.17, 15) is 21.6 Å². The molecule has 2 heterocycles. The summed E-state index contributed by atoms with van der Waals surface area (Å²) in [4.78, 5) is 4.06. The molecule has 5 nitrogen and oxygen atoms in total. The summed E-state index contributed by atoms with van der Waals surface area (Å²) in [6, 6.07) is 60.8. The number of hydrogen-bond donors (Lipinski definition) is 0. The largest absolute Gasteiger partial charge is 0.534 e. The summed E-state index contributed by atoms with van der Waals surface area (Å²) in [6.45, 7) is 0. The highest BCUT2D eigenvalue weighted by molar-refractivity contribution is 7.88. The molecule has 0 aliphatic heterocycles. The van der Waals surface area contributed by atoms with E-state index in [0.29, 0.717) is 11.1 Å². The molecule has 0 fully saturated rings. The van der Waals surface area contributed by atoms with Crippen LogP contribution in [0, 0.1) is 0 Å². The SMILES string of the molecule is O=S(=O)(Oc1cc(N(c2ccccc2)c2ccccc2)c2sc3ccc(N(c4ccc(-c5ccccc5)cc4)c4ccc5sc6ccccc6c5c4)cc3c2c1)C(F)(F)F. The van der Waals surface area contributed by atoms with Crippen molar-refractivity contribution in [1.82, 2.24) is 0 Å². The lowest BCUT2D eigenvalue weighted by Gasteiger charge is -2.26. The van der Waals surface area contributed by atoms with Gasteiger partial charge < -0.3 is 14.0 Å². The highest BCUT2D eigenvalue weighted by Crippen LogP contribution is 2.49. The molecule has 0 spiro atoms. The van der Waals surface area contributed by atoms with Gasteiger partial charge >= 0.3 is 15.6 Å². The summed E-state index contributed by atoms with van der Waals surface area (Å²) in [7, 11) is -6.00. The minimum atomic E-state index is -6.00. The number of fused-ring (bicyclic) bond motifs is 6. The van der Waals surface area contributed by atoms with Crippen LogP contribution in [0.3, 0.4) is 0 Å². The molecule has 0 amide bonds. The summed E-state index contributed by atoms with van der Waals surface area (Å²) < 4.78 is 75.4. The van der Waals surface area contributed by atoms with Crippen molar-refractivity contribution in [2.24, 2.45) is 0 Å². The first-order valence-corrected chi connectivity index (χ1v) is 21.9. The van der Waals surface area contributed by atoms with Crippen LogP contribution in [0.4, 0.5) is 47.3 Å². The third-order valence-corrected chi connectivity index (χ3v) is 13.7. The molecular weight excluding hydrogens is 818 g/mol. The van der Waals surface area contributed by atoms with Gasteiger partial charge in [0.25, 0.3) is 0 Å². The molecule has 0 aliphatic rings. The summed E-state index contributed by atoms with van der Waals surface area (Å²) >= 11 is 3.21. The zero-order chi connectivity index (χ0) is 41.0. The maximum atomic E-state index is 13.8.